The van der Waals surface area contributed by atoms with E-state index in [0.29, 0.717) is 76.0 Å². The topological polar surface area (TPSA) is 93.1 Å². The second-order valence-corrected chi connectivity index (χ2v) is 32.4. The van der Waals surface area contributed by atoms with Crippen LogP contribution >= 0.6 is 0 Å². The molecule has 9 nitrogen and oxygen atoms in total. The molecule has 3 saturated heterocycles. The molecule has 3 fully saturated rings. The summed E-state index contributed by atoms with van der Waals surface area (Å²) in [6, 6.07) is 6.89. The zero-order valence-corrected chi connectivity index (χ0v) is 43.0. The number of nitrogens with zero attached hydrogens (tertiary/aromatic N) is 5. The van der Waals surface area contributed by atoms with Gasteiger partial charge in [-0.05, 0) is 83.1 Å². The number of hydrogen-bond acceptors (Lipinski definition) is 9. The molecule has 5 heterocycles. The molecule has 3 aliphatic rings. The molecule has 3 atom stereocenters. The molecular formula is C51H72F3N5O4Si2. The van der Waals surface area contributed by atoms with Gasteiger partial charge in [-0.15, -0.1) is 5.54 Å². The van der Waals surface area contributed by atoms with Crippen LogP contribution in [0.5, 0.6) is 11.8 Å². The summed E-state index contributed by atoms with van der Waals surface area (Å²) >= 11 is 0. The lowest BCUT2D eigenvalue weighted by Crippen LogP contribution is -2.50. The number of fused-ring (bicyclic) bond motifs is 3. The summed E-state index contributed by atoms with van der Waals surface area (Å²) in [5.74, 6) is 3.08. The van der Waals surface area contributed by atoms with Gasteiger partial charge >= 0.3 is 6.01 Å². The number of β-amino-alcohol motifs (C(OH)–C–C–N with tert-alkyl or cyclic N) is 1. The molecule has 354 valence electrons. The fourth-order valence-corrected chi connectivity index (χ4v) is 22.7. The van der Waals surface area contributed by atoms with E-state index >= 15 is 8.78 Å². The van der Waals surface area contributed by atoms with Crippen LogP contribution in [0, 0.1) is 23.1 Å². The molecular weight excluding hydrogens is 860 g/mol. The van der Waals surface area contributed by atoms with Crippen LogP contribution in [0.25, 0.3) is 32.9 Å². The zero-order valence-electron chi connectivity index (χ0n) is 41.0. The van der Waals surface area contributed by atoms with Crippen LogP contribution in [-0.4, -0.2) is 105 Å². The van der Waals surface area contributed by atoms with Crippen molar-refractivity contribution in [3.63, 3.8) is 0 Å². The van der Waals surface area contributed by atoms with Crippen LogP contribution < -0.4 is 14.1 Å². The van der Waals surface area contributed by atoms with E-state index in [1.165, 1.54) is 6.07 Å². The lowest BCUT2D eigenvalue weighted by molar-refractivity contribution is -0.0123. The Balaban J connectivity index is 1.50. The molecule has 3 aliphatic heterocycles. The van der Waals surface area contributed by atoms with E-state index in [9.17, 15) is 9.50 Å². The van der Waals surface area contributed by atoms with Gasteiger partial charge in [0, 0.05) is 36.7 Å². The summed E-state index contributed by atoms with van der Waals surface area (Å²) in [6.45, 7) is 30.5. The minimum Gasteiger partial charge on any atom is -0.543 e. The maximum atomic E-state index is 18.1. The second kappa shape index (κ2) is 18.7. The van der Waals surface area contributed by atoms with E-state index in [2.05, 4.69) is 99.4 Å². The summed E-state index contributed by atoms with van der Waals surface area (Å²) in [6.07, 6.45) is 2.66. The number of aliphatic hydroxyl groups is 1. The maximum absolute atomic E-state index is 18.1. The molecule has 0 spiro atoms. The molecule has 0 radical (unpaired) electrons. The van der Waals surface area contributed by atoms with Gasteiger partial charge in [0.2, 0.25) is 0 Å². The number of anilines is 1. The minimum absolute atomic E-state index is 0.0361. The Labute approximate surface area is 387 Å². The van der Waals surface area contributed by atoms with Crippen molar-refractivity contribution in [1.29, 1.82) is 0 Å². The molecule has 0 amide bonds. The first kappa shape index (κ1) is 49.2. The standard InChI is InChI=1S/C51H72F3N5O4Si2/c1-31(2)64(32(3)4,33(5)6)22-17-40-43(53)16-15-37-23-39(63-65(34(7)8,35(9)10)36(11)12)24-41(44(37)40)46-45(54)47-42(26-55-46)48(58-20-21-61-29-50(13,60)28-58)57-49(56-47)62-30-51-18-14-19-59(51)27-38(52)25-51/h15-16,23-24,26,31-36,38,60H,14,18-21,25,27-30H2,1-13H3/t38-,50+,51+/m1/s1. The van der Waals surface area contributed by atoms with Crippen LogP contribution in [0.3, 0.4) is 0 Å². The van der Waals surface area contributed by atoms with Crippen molar-refractivity contribution in [1.82, 2.24) is 19.9 Å². The normalized spacial score (nSPS) is 22.3. The van der Waals surface area contributed by atoms with Gasteiger partial charge in [-0.3, -0.25) is 9.88 Å². The number of halogens is 3. The van der Waals surface area contributed by atoms with Crippen molar-refractivity contribution < 1.29 is 32.2 Å². The van der Waals surface area contributed by atoms with Crippen molar-refractivity contribution in [3.05, 3.63) is 47.7 Å². The fourth-order valence-electron chi connectivity index (χ4n) is 12.3. The van der Waals surface area contributed by atoms with Crippen molar-refractivity contribution in [3.8, 4) is 34.5 Å². The third-order valence-corrected chi connectivity index (χ3v) is 27.5. The zero-order chi connectivity index (χ0) is 47.4. The highest BCUT2D eigenvalue weighted by molar-refractivity contribution is 6.90. The summed E-state index contributed by atoms with van der Waals surface area (Å²) in [5.41, 5.74) is 4.15. The highest BCUT2D eigenvalue weighted by Crippen LogP contribution is 2.47. The van der Waals surface area contributed by atoms with Gasteiger partial charge in [0.15, 0.2) is 5.82 Å². The Morgan fingerprint density at radius 3 is 2.25 bits per heavy atom. The third kappa shape index (κ3) is 9.06. The largest absolute Gasteiger partial charge is 0.543 e. The van der Waals surface area contributed by atoms with E-state index < -0.39 is 45.3 Å². The van der Waals surface area contributed by atoms with Gasteiger partial charge in [-0.1, -0.05) is 95.1 Å². The summed E-state index contributed by atoms with van der Waals surface area (Å²) in [7, 11) is -4.88. The van der Waals surface area contributed by atoms with Crippen molar-refractivity contribution in [2.24, 2.45) is 0 Å². The SMILES string of the molecule is CC(C)[Si](C#Cc1c(F)ccc2cc(O[Si](C(C)C)(C(C)C)C(C)C)cc(-c3ncc4c(N5CCOC[C@@](C)(O)C5)nc(OC[C@@]56CCCN5C[C@H](F)C6)nc4c3F)c12)(C(C)C)C(C)C. The molecule has 1 N–H and O–H groups in total. The molecule has 0 unspecified atom stereocenters. The monoisotopic (exact) mass is 932 g/mol. The summed E-state index contributed by atoms with van der Waals surface area (Å²) in [4.78, 5) is 18.5. The molecule has 2 aromatic carbocycles. The molecule has 0 aliphatic carbocycles. The first-order valence-corrected chi connectivity index (χ1v) is 28.4. The van der Waals surface area contributed by atoms with E-state index in [4.69, 9.17) is 28.9 Å². The lowest BCUT2D eigenvalue weighted by atomic mass is 9.95. The van der Waals surface area contributed by atoms with Crippen LogP contribution in [-0.2, 0) is 4.74 Å². The molecule has 7 rings (SSSR count). The number of benzene rings is 2. The van der Waals surface area contributed by atoms with Gasteiger partial charge in [-0.2, -0.15) is 9.97 Å². The number of hydrogen-bond donors (Lipinski definition) is 1. The summed E-state index contributed by atoms with van der Waals surface area (Å²) < 4.78 is 69.1. The second-order valence-electron chi connectivity index (χ2n) is 21.4. The molecule has 2 aromatic heterocycles. The van der Waals surface area contributed by atoms with Gasteiger partial charge < -0.3 is 23.9 Å². The Bertz CT molecular complexity index is 2410. The van der Waals surface area contributed by atoms with Gasteiger partial charge in [0.25, 0.3) is 8.32 Å². The Morgan fingerprint density at radius 1 is 0.923 bits per heavy atom. The predicted octanol–water partition coefficient (Wildman–Crippen LogP) is 11.8. The average molecular weight is 932 g/mol. The fraction of sp³-hybridized carbons (Fsp3) is 0.627. The Morgan fingerprint density at radius 2 is 1.60 bits per heavy atom. The lowest BCUT2D eigenvalue weighted by Gasteiger charge is -2.42. The first-order chi connectivity index (χ1) is 30.6. The highest BCUT2D eigenvalue weighted by Gasteiger charge is 2.50. The van der Waals surface area contributed by atoms with Crippen molar-refractivity contribution in [2.45, 2.75) is 160 Å². The van der Waals surface area contributed by atoms with Crippen molar-refractivity contribution >= 4 is 43.9 Å². The average Bonchev–Trinajstić information content (AvgIpc) is 3.68. The van der Waals surface area contributed by atoms with Crippen molar-refractivity contribution in [2.75, 3.05) is 50.9 Å². The van der Waals surface area contributed by atoms with E-state index in [1.54, 1.807) is 19.2 Å². The van der Waals surface area contributed by atoms with Crippen LogP contribution in [0.2, 0.25) is 33.2 Å². The van der Waals surface area contributed by atoms with Crippen LogP contribution in [0.1, 0.15) is 115 Å². The molecule has 4 aromatic rings. The summed E-state index contributed by atoms with van der Waals surface area (Å²) in [5, 5.41) is 12.7. The number of pyridine rings is 1. The third-order valence-electron chi connectivity index (χ3n) is 15.2. The molecule has 0 bridgehead atoms. The van der Waals surface area contributed by atoms with Gasteiger partial charge in [0.1, 0.15) is 55.0 Å². The Kier molecular flexibility index (Phi) is 14.2. The quantitative estimate of drug-likeness (QED) is 0.104. The number of alkyl halides is 1. The molecule has 0 saturated carbocycles. The maximum Gasteiger partial charge on any atom is 0.319 e. The van der Waals surface area contributed by atoms with Gasteiger partial charge in [-0.25, -0.2) is 13.2 Å². The molecule has 14 heteroatoms. The number of rotatable bonds is 13. The number of aromatic nitrogens is 3. The minimum atomic E-state index is -2.54. The van der Waals surface area contributed by atoms with Crippen LogP contribution in [0.4, 0.5) is 19.0 Å². The Hall–Kier alpha value is -3.75. The van der Waals surface area contributed by atoms with E-state index in [1.807, 2.05) is 17.0 Å². The number of ether oxygens (including phenoxy) is 2. The first-order valence-electron chi connectivity index (χ1n) is 24.0. The smallest absolute Gasteiger partial charge is 0.319 e. The predicted molar refractivity (Wildman–Crippen MR) is 262 cm³/mol. The van der Waals surface area contributed by atoms with E-state index in [0.717, 1.165) is 19.4 Å². The van der Waals surface area contributed by atoms with Gasteiger partial charge in [0.05, 0.1) is 36.2 Å². The molecule has 65 heavy (non-hydrogen) atoms. The van der Waals surface area contributed by atoms with E-state index in [-0.39, 0.29) is 59.2 Å². The van der Waals surface area contributed by atoms with Crippen LogP contribution in [0.15, 0.2) is 30.5 Å². The highest BCUT2D eigenvalue weighted by atomic mass is 28.4.